The third-order valence-electron chi connectivity index (χ3n) is 2.64. The van der Waals surface area contributed by atoms with Crippen LogP contribution in [0.3, 0.4) is 0 Å². The molecule has 3 N–H and O–H groups in total. The Kier molecular flexibility index (Phi) is 6.81. The Morgan fingerprint density at radius 1 is 1.45 bits per heavy atom. The van der Waals surface area contributed by atoms with Gasteiger partial charge in [0.2, 0.25) is 0 Å². The van der Waals surface area contributed by atoms with Gasteiger partial charge in [-0.1, -0.05) is 34.5 Å². The summed E-state index contributed by atoms with van der Waals surface area (Å²) in [6.45, 7) is 2.29. The topological polar surface area (TPSA) is 78.4 Å². The second-order valence-corrected chi connectivity index (χ2v) is 5.82. The van der Waals surface area contributed by atoms with Crippen LogP contribution < -0.4 is 10.6 Å². The number of urea groups is 1. The predicted octanol–water partition coefficient (Wildman–Crippen LogP) is 3.72. The molecule has 7 heteroatoms. The zero-order chi connectivity index (χ0) is 15.1. The molecule has 0 saturated carbocycles. The van der Waals surface area contributed by atoms with Crippen molar-refractivity contribution in [3.05, 3.63) is 27.7 Å². The van der Waals surface area contributed by atoms with E-state index in [-0.39, 0.29) is 18.4 Å². The number of benzene rings is 1. The van der Waals surface area contributed by atoms with Crippen LogP contribution in [0.4, 0.5) is 10.5 Å². The number of carboxylic acids is 1. The van der Waals surface area contributed by atoms with E-state index in [9.17, 15) is 9.59 Å². The lowest BCUT2D eigenvalue weighted by Gasteiger charge is -2.13. The highest BCUT2D eigenvalue weighted by Crippen LogP contribution is 2.25. The van der Waals surface area contributed by atoms with E-state index in [0.29, 0.717) is 23.7 Å². The van der Waals surface area contributed by atoms with Crippen LogP contribution in [0, 0.1) is 5.92 Å². The zero-order valence-electron chi connectivity index (χ0n) is 11.0. The molecular formula is C13H16BrClN2O3. The maximum Gasteiger partial charge on any atom is 0.319 e. The summed E-state index contributed by atoms with van der Waals surface area (Å²) in [7, 11) is 0. The summed E-state index contributed by atoms with van der Waals surface area (Å²) in [6.07, 6.45) is 0.620. The van der Waals surface area contributed by atoms with Crippen molar-refractivity contribution in [2.45, 2.75) is 19.8 Å². The van der Waals surface area contributed by atoms with Crippen LogP contribution >= 0.6 is 27.5 Å². The maximum absolute atomic E-state index is 11.7. The molecule has 5 nitrogen and oxygen atoms in total. The highest BCUT2D eigenvalue weighted by Gasteiger charge is 2.09. The van der Waals surface area contributed by atoms with Crippen molar-refractivity contribution in [3.8, 4) is 0 Å². The van der Waals surface area contributed by atoms with E-state index < -0.39 is 5.97 Å². The van der Waals surface area contributed by atoms with E-state index in [1.54, 1.807) is 18.2 Å². The third kappa shape index (κ3) is 6.25. The van der Waals surface area contributed by atoms with Gasteiger partial charge >= 0.3 is 12.0 Å². The minimum Gasteiger partial charge on any atom is -0.481 e. The lowest BCUT2D eigenvalue weighted by Crippen LogP contribution is -2.32. The van der Waals surface area contributed by atoms with Gasteiger partial charge in [-0.25, -0.2) is 4.79 Å². The van der Waals surface area contributed by atoms with Gasteiger partial charge in [0.05, 0.1) is 10.7 Å². The molecule has 0 aliphatic heterocycles. The molecule has 0 aromatic heterocycles. The molecule has 1 atom stereocenters. The van der Waals surface area contributed by atoms with Gasteiger partial charge in [-0.15, -0.1) is 0 Å². The van der Waals surface area contributed by atoms with Crippen molar-refractivity contribution < 1.29 is 14.7 Å². The van der Waals surface area contributed by atoms with Crippen LogP contribution in [0.1, 0.15) is 19.8 Å². The molecule has 1 aromatic rings. The Balaban J connectivity index is 2.40. The van der Waals surface area contributed by atoms with Crippen LogP contribution in [0.5, 0.6) is 0 Å². The molecule has 0 fully saturated rings. The average molecular weight is 364 g/mol. The third-order valence-corrected chi connectivity index (χ3v) is 3.46. The smallest absolute Gasteiger partial charge is 0.319 e. The molecule has 0 heterocycles. The zero-order valence-corrected chi connectivity index (χ0v) is 13.3. The van der Waals surface area contributed by atoms with Gasteiger partial charge in [0, 0.05) is 17.4 Å². The van der Waals surface area contributed by atoms with Crippen molar-refractivity contribution in [1.29, 1.82) is 0 Å². The van der Waals surface area contributed by atoms with Crippen molar-refractivity contribution in [2.24, 2.45) is 5.92 Å². The molecule has 1 aromatic carbocycles. The van der Waals surface area contributed by atoms with E-state index in [4.69, 9.17) is 16.7 Å². The number of hydrogen-bond acceptors (Lipinski definition) is 2. The van der Waals surface area contributed by atoms with Gasteiger partial charge in [0.1, 0.15) is 0 Å². The Morgan fingerprint density at radius 3 is 2.80 bits per heavy atom. The normalized spacial score (nSPS) is 11.8. The summed E-state index contributed by atoms with van der Waals surface area (Å²) in [5, 5.41) is 14.3. The number of anilines is 1. The summed E-state index contributed by atoms with van der Waals surface area (Å²) in [4.78, 5) is 22.1. The predicted molar refractivity (Wildman–Crippen MR) is 82.2 cm³/mol. The average Bonchev–Trinajstić information content (AvgIpc) is 2.38. The number of nitrogens with one attached hydrogen (secondary N) is 2. The van der Waals surface area contributed by atoms with Gasteiger partial charge < -0.3 is 15.7 Å². The van der Waals surface area contributed by atoms with Crippen molar-refractivity contribution in [1.82, 2.24) is 5.32 Å². The molecule has 0 radical (unpaired) electrons. The van der Waals surface area contributed by atoms with Gasteiger partial charge in [0.15, 0.2) is 0 Å². The van der Waals surface area contributed by atoms with E-state index in [1.807, 2.05) is 6.92 Å². The molecule has 1 unspecified atom stereocenters. The number of carbonyl (C=O) groups excluding carboxylic acids is 1. The fraction of sp³-hybridized carbons (Fsp3) is 0.385. The molecule has 1 rings (SSSR count). The van der Waals surface area contributed by atoms with Gasteiger partial charge in [-0.05, 0) is 30.5 Å². The van der Waals surface area contributed by atoms with Crippen LogP contribution in [0.2, 0.25) is 5.02 Å². The number of amides is 2. The molecule has 0 aliphatic carbocycles. The van der Waals surface area contributed by atoms with Crippen LogP contribution in [-0.4, -0.2) is 23.7 Å². The van der Waals surface area contributed by atoms with Gasteiger partial charge in [-0.2, -0.15) is 0 Å². The Morgan fingerprint density at radius 2 is 2.15 bits per heavy atom. The molecule has 20 heavy (non-hydrogen) atoms. The Bertz CT molecular complexity index is 497. The van der Waals surface area contributed by atoms with E-state index in [0.717, 1.165) is 4.47 Å². The standard InChI is InChI=1S/C13H16BrClN2O3/c1-8(2-5-12(18)19)7-16-13(20)17-11-6-9(14)3-4-10(11)15/h3-4,6,8H,2,5,7H2,1H3,(H,18,19)(H2,16,17,20). The van der Waals surface area contributed by atoms with Crippen molar-refractivity contribution in [3.63, 3.8) is 0 Å². The maximum atomic E-state index is 11.7. The number of hydrogen-bond donors (Lipinski definition) is 3. The monoisotopic (exact) mass is 362 g/mol. The van der Waals surface area contributed by atoms with Gasteiger partial charge in [0.25, 0.3) is 0 Å². The first-order chi connectivity index (χ1) is 9.38. The lowest BCUT2D eigenvalue weighted by molar-refractivity contribution is -0.137. The van der Waals surface area contributed by atoms with Crippen LogP contribution in [0.15, 0.2) is 22.7 Å². The summed E-state index contributed by atoms with van der Waals surface area (Å²) < 4.78 is 0.812. The molecule has 0 saturated heterocycles. The number of rotatable bonds is 6. The molecule has 0 bridgehead atoms. The van der Waals surface area contributed by atoms with Gasteiger partial charge in [-0.3, -0.25) is 4.79 Å². The quantitative estimate of drug-likeness (QED) is 0.720. The van der Waals surface area contributed by atoms with Crippen LogP contribution in [-0.2, 0) is 4.79 Å². The largest absolute Gasteiger partial charge is 0.481 e. The summed E-state index contributed by atoms with van der Waals surface area (Å²) in [5.74, 6) is -0.739. The molecular weight excluding hydrogens is 348 g/mol. The first-order valence-corrected chi connectivity index (χ1v) is 7.27. The summed E-state index contributed by atoms with van der Waals surface area (Å²) in [5.41, 5.74) is 0.511. The van der Waals surface area contributed by atoms with E-state index >= 15 is 0 Å². The minimum atomic E-state index is -0.831. The minimum absolute atomic E-state index is 0.0924. The molecule has 0 aliphatic rings. The van der Waals surface area contributed by atoms with Crippen molar-refractivity contribution >= 4 is 45.2 Å². The molecule has 0 spiro atoms. The van der Waals surface area contributed by atoms with Crippen molar-refractivity contribution in [2.75, 3.05) is 11.9 Å². The first kappa shape index (κ1) is 16.8. The Hall–Kier alpha value is -1.27. The fourth-order valence-electron chi connectivity index (χ4n) is 1.50. The highest BCUT2D eigenvalue weighted by atomic mass is 79.9. The van der Waals surface area contributed by atoms with Crippen LogP contribution in [0.25, 0.3) is 0 Å². The number of aliphatic carboxylic acids is 1. The second kappa shape index (κ2) is 8.11. The summed E-state index contributed by atoms with van der Waals surface area (Å²) in [6, 6.07) is 4.79. The fourth-order valence-corrected chi connectivity index (χ4v) is 2.02. The summed E-state index contributed by atoms with van der Waals surface area (Å²) >= 11 is 9.26. The van der Waals surface area contributed by atoms with E-state index in [2.05, 4.69) is 26.6 Å². The van der Waals surface area contributed by atoms with E-state index in [1.165, 1.54) is 0 Å². The molecule has 2 amide bonds. The SMILES string of the molecule is CC(CCC(=O)O)CNC(=O)Nc1cc(Br)ccc1Cl. The first-order valence-electron chi connectivity index (χ1n) is 6.10. The highest BCUT2D eigenvalue weighted by molar-refractivity contribution is 9.10. The molecule has 110 valence electrons. The number of halogens is 2. The Labute approximate surface area is 130 Å². The number of carbonyl (C=O) groups is 2. The number of carboxylic acid groups (broad SMARTS) is 1. The second-order valence-electron chi connectivity index (χ2n) is 4.50. The lowest BCUT2D eigenvalue weighted by atomic mass is 10.1.